The van der Waals surface area contributed by atoms with Gasteiger partial charge in [0.25, 0.3) is 0 Å². The molecule has 0 saturated carbocycles. The lowest BCUT2D eigenvalue weighted by Gasteiger charge is -2.09. The number of hydrogen-bond donors (Lipinski definition) is 0. The van der Waals surface area contributed by atoms with Crippen LogP contribution >= 0.6 is 0 Å². The molecule has 0 aliphatic carbocycles. The lowest BCUT2D eigenvalue weighted by atomic mass is 10.1. The molecule has 1 aromatic carbocycles. The first-order valence-corrected chi connectivity index (χ1v) is 4.15. The molecule has 1 aromatic rings. The molecule has 2 nitrogen and oxygen atoms in total. The van der Waals surface area contributed by atoms with Crippen molar-refractivity contribution in [2.45, 2.75) is 13.0 Å². The number of rotatable bonds is 3. The summed E-state index contributed by atoms with van der Waals surface area (Å²) in [4.78, 5) is 0. The summed E-state index contributed by atoms with van der Waals surface area (Å²) in [6, 6.07) is 4.85. The van der Waals surface area contributed by atoms with Gasteiger partial charge in [-0.15, -0.1) is 0 Å². The standard InChI is InChI=1S/C10H9F2NO/c1-2-14-10(6-13)8-4-3-7(11)5-9(8)12/h3-5,10H,2H2,1H3. The van der Waals surface area contributed by atoms with Crippen LogP contribution in [0.3, 0.4) is 0 Å². The van der Waals surface area contributed by atoms with Gasteiger partial charge in [-0.1, -0.05) is 0 Å². The zero-order valence-electron chi connectivity index (χ0n) is 7.63. The van der Waals surface area contributed by atoms with E-state index in [0.29, 0.717) is 6.61 Å². The van der Waals surface area contributed by atoms with E-state index in [-0.39, 0.29) is 5.56 Å². The van der Waals surface area contributed by atoms with Crippen LogP contribution in [0.5, 0.6) is 0 Å². The lowest BCUT2D eigenvalue weighted by Crippen LogP contribution is -2.04. The second-order valence-corrected chi connectivity index (χ2v) is 2.63. The monoisotopic (exact) mass is 197 g/mol. The summed E-state index contributed by atoms with van der Waals surface area (Å²) in [7, 11) is 0. The predicted octanol–water partition coefficient (Wildman–Crippen LogP) is 2.57. The van der Waals surface area contributed by atoms with Crippen molar-refractivity contribution in [2.75, 3.05) is 6.61 Å². The molecule has 0 amide bonds. The molecular weight excluding hydrogens is 188 g/mol. The van der Waals surface area contributed by atoms with Gasteiger partial charge in [0.1, 0.15) is 11.6 Å². The zero-order valence-corrected chi connectivity index (χ0v) is 7.63. The zero-order chi connectivity index (χ0) is 10.6. The minimum absolute atomic E-state index is 0.0655. The molecule has 0 fully saturated rings. The molecule has 0 bridgehead atoms. The van der Waals surface area contributed by atoms with Gasteiger partial charge in [-0.2, -0.15) is 5.26 Å². The van der Waals surface area contributed by atoms with Gasteiger partial charge in [0, 0.05) is 18.2 Å². The third-order valence-corrected chi connectivity index (χ3v) is 1.70. The number of halogens is 2. The average molecular weight is 197 g/mol. The van der Waals surface area contributed by atoms with Gasteiger partial charge in [-0.05, 0) is 19.1 Å². The Bertz CT molecular complexity index is 360. The largest absolute Gasteiger partial charge is 0.359 e. The molecule has 0 aliphatic rings. The minimum atomic E-state index is -0.972. The number of ether oxygens (including phenoxy) is 1. The number of nitrogens with zero attached hydrogens (tertiary/aromatic N) is 1. The summed E-state index contributed by atoms with van der Waals surface area (Å²) < 4.78 is 30.7. The van der Waals surface area contributed by atoms with E-state index < -0.39 is 17.7 Å². The SMILES string of the molecule is CCOC(C#N)c1ccc(F)cc1F. The molecular formula is C10H9F2NO. The first-order chi connectivity index (χ1) is 6.69. The van der Waals surface area contributed by atoms with Crippen LogP contribution in [-0.2, 0) is 4.74 Å². The first-order valence-electron chi connectivity index (χ1n) is 4.15. The molecule has 0 N–H and O–H groups in total. The molecule has 0 spiro atoms. The average Bonchev–Trinajstić information content (AvgIpc) is 2.15. The topological polar surface area (TPSA) is 33.0 Å². The Morgan fingerprint density at radius 1 is 1.50 bits per heavy atom. The van der Waals surface area contributed by atoms with E-state index in [1.54, 1.807) is 13.0 Å². The van der Waals surface area contributed by atoms with Crippen molar-refractivity contribution in [1.82, 2.24) is 0 Å². The second kappa shape index (κ2) is 4.68. The van der Waals surface area contributed by atoms with Crippen LogP contribution in [0.25, 0.3) is 0 Å². The summed E-state index contributed by atoms with van der Waals surface area (Å²) in [6.07, 6.45) is -0.972. The maximum atomic E-state index is 13.1. The highest BCUT2D eigenvalue weighted by Gasteiger charge is 2.15. The van der Waals surface area contributed by atoms with Crippen molar-refractivity contribution in [1.29, 1.82) is 5.26 Å². The molecule has 0 aromatic heterocycles. The fourth-order valence-electron chi connectivity index (χ4n) is 1.08. The van der Waals surface area contributed by atoms with E-state index in [4.69, 9.17) is 10.00 Å². The molecule has 14 heavy (non-hydrogen) atoms. The predicted molar refractivity (Wildman–Crippen MR) is 46.3 cm³/mol. The van der Waals surface area contributed by atoms with Crippen LogP contribution in [0.4, 0.5) is 8.78 Å². The van der Waals surface area contributed by atoms with Gasteiger partial charge in [0.2, 0.25) is 0 Å². The molecule has 74 valence electrons. The molecule has 1 atom stereocenters. The van der Waals surface area contributed by atoms with Crippen LogP contribution in [0, 0.1) is 23.0 Å². The van der Waals surface area contributed by atoms with Crippen LogP contribution in [0.15, 0.2) is 18.2 Å². The highest BCUT2D eigenvalue weighted by molar-refractivity contribution is 5.24. The lowest BCUT2D eigenvalue weighted by molar-refractivity contribution is 0.0992. The van der Waals surface area contributed by atoms with E-state index in [1.807, 2.05) is 0 Å². The highest BCUT2D eigenvalue weighted by atomic mass is 19.1. The second-order valence-electron chi connectivity index (χ2n) is 2.63. The molecule has 1 unspecified atom stereocenters. The van der Waals surface area contributed by atoms with E-state index in [9.17, 15) is 8.78 Å². The third-order valence-electron chi connectivity index (χ3n) is 1.70. The number of benzene rings is 1. The van der Waals surface area contributed by atoms with Gasteiger partial charge in [-0.3, -0.25) is 0 Å². The fourth-order valence-corrected chi connectivity index (χ4v) is 1.08. The minimum Gasteiger partial charge on any atom is -0.359 e. The van der Waals surface area contributed by atoms with Crippen LogP contribution in [-0.4, -0.2) is 6.61 Å². The molecule has 4 heteroatoms. The van der Waals surface area contributed by atoms with E-state index >= 15 is 0 Å². The quantitative estimate of drug-likeness (QED) is 0.746. The van der Waals surface area contributed by atoms with E-state index in [1.165, 1.54) is 6.07 Å². The smallest absolute Gasteiger partial charge is 0.171 e. The van der Waals surface area contributed by atoms with Crippen LogP contribution in [0.1, 0.15) is 18.6 Å². The maximum Gasteiger partial charge on any atom is 0.171 e. The van der Waals surface area contributed by atoms with Gasteiger partial charge in [-0.25, -0.2) is 8.78 Å². The Morgan fingerprint density at radius 2 is 2.21 bits per heavy atom. The fraction of sp³-hybridized carbons (Fsp3) is 0.300. The molecule has 0 aliphatic heterocycles. The van der Waals surface area contributed by atoms with Crippen LogP contribution in [0.2, 0.25) is 0 Å². The first kappa shape index (κ1) is 10.6. The molecule has 0 saturated heterocycles. The summed E-state index contributed by atoms with van der Waals surface area (Å²) in [5.74, 6) is -1.43. The Labute approximate surface area is 80.7 Å². The third kappa shape index (κ3) is 2.27. The van der Waals surface area contributed by atoms with Crippen molar-refractivity contribution in [3.8, 4) is 6.07 Å². The Balaban J connectivity index is 3.00. The van der Waals surface area contributed by atoms with Crippen molar-refractivity contribution < 1.29 is 13.5 Å². The van der Waals surface area contributed by atoms with Gasteiger partial charge in [0.15, 0.2) is 6.10 Å². The van der Waals surface area contributed by atoms with E-state index in [2.05, 4.69) is 0 Å². The Kier molecular flexibility index (Phi) is 3.55. The molecule has 0 heterocycles. The normalized spacial score (nSPS) is 12.1. The number of hydrogen-bond acceptors (Lipinski definition) is 2. The van der Waals surface area contributed by atoms with Crippen molar-refractivity contribution in [3.63, 3.8) is 0 Å². The Morgan fingerprint density at radius 3 is 2.71 bits per heavy atom. The summed E-state index contributed by atoms with van der Waals surface area (Å²) in [5.41, 5.74) is 0.0655. The Hall–Kier alpha value is -1.47. The molecule has 0 radical (unpaired) electrons. The van der Waals surface area contributed by atoms with Crippen molar-refractivity contribution in [3.05, 3.63) is 35.4 Å². The van der Waals surface area contributed by atoms with Gasteiger partial charge in [0.05, 0.1) is 6.07 Å². The summed E-state index contributed by atoms with van der Waals surface area (Å²) >= 11 is 0. The summed E-state index contributed by atoms with van der Waals surface area (Å²) in [5, 5.41) is 8.67. The molecule has 1 rings (SSSR count). The summed E-state index contributed by atoms with van der Waals surface area (Å²) in [6.45, 7) is 2.00. The van der Waals surface area contributed by atoms with Crippen molar-refractivity contribution >= 4 is 0 Å². The van der Waals surface area contributed by atoms with Gasteiger partial charge < -0.3 is 4.74 Å². The van der Waals surface area contributed by atoms with Crippen LogP contribution < -0.4 is 0 Å². The van der Waals surface area contributed by atoms with E-state index in [0.717, 1.165) is 12.1 Å². The highest BCUT2D eigenvalue weighted by Crippen LogP contribution is 2.20. The maximum absolute atomic E-state index is 13.1. The number of nitriles is 1. The van der Waals surface area contributed by atoms with Gasteiger partial charge >= 0.3 is 0 Å². The van der Waals surface area contributed by atoms with Crippen molar-refractivity contribution in [2.24, 2.45) is 0 Å².